The van der Waals surface area contributed by atoms with Crippen LogP contribution in [0.3, 0.4) is 0 Å². The SMILES string of the molecule is Cc1nn(C)c(Cl)c1CS(=O)c1ccc(N)c(F)c1. The quantitative estimate of drug-likeness (QED) is 0.886. The van der Waals surface area contributed by atoms with Crippen LogP contribution in [0.25, 0.3) is 0 Å². The van der Waals surface area contributed by atoms with Gasteiger partial charge in [-0.05, 0) is 25.1 Å². The van der Waals surface area contributed by atoms with Crippen LogP contribution in [0.15, 0.2) is 23.1 Å². The van der Waals surface area contributed by atoms with Gasteiger partial charge < -0.3 is 5.73 Å². The van der Waals surface area contributed by atoms with Gasteiger partial charge in [0.1, 0.15) is 11.0 Å². The number of hydrogen-bond acceptors (Lipinski definition) is 3. The number of anilines is 1. The van der Waals surface area contributed by atoms with Crippen LogP contribution < -0.4 is 5.73 Å². The number of aryl methyl sites for hydroxylation is 2. The number of nitrogen functional groups attached to an aromatic ring is 1. The predicted octanol–water partition coefficient (Wildman–Crippen LogP) is 2.41. The Morgan fingerprint density at radius 1 is 1.53 bits per heavy atom. The molecule has 102 valence electrons. The fourth-order valence-corrected chi connectivity index (χ4v) is 3.25. The number of halogens is 2. The first-order chi connectivity index (χ1) is 8.90. The lowest BCUT2D eigenvalue weighted by Crippen LogP contribution is -2.00. The molecule has 1 heterocycles. The van der Waals surface area contributed by atoms with E-state index in [1.165, 1.54) is 16.8 Å². The summed E-state index contributed by atoms with van der Waals surface area (Å²) >= 11 is 6.07. The molecule has 0 amide bonds. The van der Waals surface area contributed by atoms with E-state index < -0.39 is 16.6 Å². The van der Waals surface area contributed by atoms with E-state index in [0.29, 0.717) is 15.6 Å². The van der Waals surface area contributed by atoms with Gasteiger partial charge in [0.05, 0.1) is 27.9 Å². The molecule has 0 bridgehead atoms. The van der Waals surface area contributed by atoms with Crippen LogP contribution in [0, 0.1) is 12.7 Å². The Morgan fingerprint density at radius 2 is 2.21 bits per heavy atom. The maximum Gasteiger partial charge on any atom is 0.147 e. The molecule has 0 aliphatic rings. The Bertz CT molecular complexity index is 657. The summed E-state index contributed by atoms with van der Waals surface area (Å²) in [5, 5.41) is 4.59. The second-order valence-corrected chi connectivity index (χ2v) is 5.96. The summed E-state index contributed by atoms with van der Waals surface area (Å²) in [7, 11) is 0.319. The number of nitrogens with two attached hydrogens (primary N) is 1. The van der Waals surface area contributed by atoms with Gasteiger partial charge >= 0.3 is 0 Å². The van der Waals surface area contributed by atoms with Crippen molar-refractivity contribution in [2.24, 2.45) is 7.05 Å². The molecule has 2 aromatic rings. The largest absolute Gasteiger partial charge is 0.396 e. The summed E-state index contributed by atoms with van der Waals surface area (Å²) in [6.07, 6.45) is 0. The lowest BCUT2D eigenvalue weighted by molar-refractivity contribution is 0.627. The molecule has 1 unspecified atom stereocenters. The van der Waals surface area contributed by atoms with Crippen LogP contribution in [-0.4, -0.2) is 14.0 Å². The standard InChI is InChI=1S/C12H13ClFN3OS/c1-7-9(12(13)17(2)16-7)6-19(18)8-3-4-11(15)10(14)5-8/h3-5H,6,15H2,1-2H3. The number of hydrogen-bond donors (Lipinski definition) is 1. The third kappa shape index (κ3) is 2.79. The van der Waals surface area contributed by atoms with E-state index in [1.54, 1.807) is 20.0 Å². The molecule has 7 heteroatoms. The van der Waals surface area contributed by atoms with Gasteiger partial charge in [0.2, 0.25) is 0 Å². The zero-order chi connectivity index (χ0) is 14.2. The summed E-state index contributed by atoms with van der Waals surface area (Å²) in [6.45, 7) is 1.79. The molecule has 0 saturated carbocycles. The summed E-state index contributed by atoms with van der Waals surface area (Å²) in [5.74, 6) is -0.373. The Hall–Kier alpha value is -1.40. The van der Waals surface area contributed by atoms with Gasteiger partial charge in [0.15, 0.2) is 0 Å². The molecule has 0 saturated heterocycles. The van der Waals surface area contributed by atoms with Crippen molar-refractivity contribution in [2.45, 2.75) is 17.6 Å². The van der Waals surface area contributed by atoms with Crippen LogP contribution in [-0.2, 0) is 23.6 Å². The maximum absolute atomic E-state index is 13.3. The highest BCUT2D eigenvalue weighted by atomic mass is 35.5. The molecule has 0 fully saturated rings. The van der Waals surface area contributed by atoms with E-state index in [4.69, 9.17) is 17.3 Å². The normalized spacial score (nSPS) is 12.6. The number of aromatic nitrogens is 2. The molecule has 4 nitrogen and oxygen atoms in total. The predicted molar refractivity (Wildman–Crippen MR) is 73.9 cm³/mol. The molecular weight excluding hydrogens is 289 g/mol. The van der Waals surface area contributed by atoms with Crippen molar-refractivity contribution >= 4 is 28.1 Å². The lowest BCUT2D eigenvalue weighted by Gasteiger charge is -2.04. The first-order valence-corrected chi connectivity index (χ1v) is 7.21. The monoisotopic (exact) mass is 301 g/mol. The van der Waals surface area contributed by atoms with Gasteiger partial charge in [-0.25, -0.2) is 4.39 Å². The Balaban J connectivity index is 2.28. The van der Waals surface area contributed by atoms with Crippen LogP contribution in [0.5, 0.6) is 0 Å². The van der Waals surface area contributed by atoms with Crippen molar-refractivity contribution < 1.29 is 8.60 Å². The minimum absolute atomic E-state index is 0.0383. The van der Waals surface area contributed by atoms with E-state index in [0.717, 1.165) is 5.69 Å². The van der Waals surface area contributed by atoms with E-state index in [-0.39, 0.29) is 11.4 Å². The highest BCUT2D eigenvalue weighted by Crippen LogP contribution is 2.23. The molecule has 0 radical (unpaired) electrons. The highest BCUT2D eigenvalue weighted by molar-refractivity contribution is 7.84. The van der Waals surface area contributed by atoms with Crippen molar-refractivity contribution in [3.63, 3.8) is 0 Å². The molecule has 0 aliphatic carbocycles. The molecular formula is C12H13ClFN3OS. The molecule has 0 aliphatic heterocycles. The van der Waals surface area contributed by atoms with Gasteiger partial charge in [0.25, 0.3) is 0 Å². The first kappa shape index (κ1) is 14.0. The first-order valence-electron chi connectivity index (χ1n) is 5.51. The molecule has 2 N–H and O–H groups in total. The minimum atomic E-state index is -1.39. The maximum atomic E-state index is 13.3. The molecule has 1 aromatic carbocycles. The van der Waals surface area contributed by atoms with E-state index in [1.807, 2.05) is 0 Å². The average molecular weight is 302 g/mol. The lowest BCUT2D eigenvalue weighted by atomic mass is 10.3. The summed E-state index contributed by atoms with van der Waals surface area (Å²) in [6, 6.07) is 4.14. The van der Waals surface area contributed by atoms with Crippen LogP contribution in [0.2, 0.25) is 5.15 Å². The summed E-state index contributed by atoms with van der Waals surface area (Å²) in [5.41, 5.74) is 6.85. The second kappa shape index (κ2) is 5.30. The van der Waals surface area contributed by atoms with Crippen LogP contribution >= 0.6 is 11.6 Å². The molecule has 1 aromatic heterocycles. The second-order valence-electron chi connectivity index (χ2n) is 4.15. The van der Waals surface area contributed by atoms with Crippen molar-refractivity contribution in [3.05, 3.63) is 40.4 Å². The number of benzene rings is 1. The number of nitrogens with zero attached hydrogens (tertiary/aromatic N) is 2. The van der Waals surface area contributed by atoms with E-state index in [9.17, 15) is 8.60 Å². The van der Waals surface area contributed by atoms with Gasteiger partial charge in [-0.15, -0.1) is 0 Å². The molecule has 1 atom stereocenters. The average Bonchev–Trinajstić information content (AvgIpc) is 2.59. The number of rotatable bonds is 3. The summed E-state index contributed by atoms with van der Waals surface area (Å²) in [4.78, 5) is 0.381. The van der Waals surface area contributed by atoms with Gasteiger partial charge in [-0.3, -0.25) is 8.89 Å². The third-order valence-corrected chi connectivity index (χ3v) is 4.58. The highest BCUT2D eigenvalue weighted by Gasteiger charge is 2.16. The molecule has 2 rings (SSSR count). The van der Waals surface area contributed by atoms with E-state index in [2.05, 4.69) is 5.10 Å². The van der Waals surface area contributed by atoms with Crippen molar-refractivity contribution in [3.8, 4) is 0 Å². The van der Waals surface area contributed by atoms with Crippen molar-refractivity contribution in [1.82, 2.24) is 9.78 Å². The third-order valence-electron chi connectivity index (χ3n) is 2.78. The van der Waals surface area contributed by atoms with Crippen molar-refractivity contribution in [2.75, 3.05) is 5.73 Å². The van der Waals surface area contributed by atoms with Crippen LogP contribution in [0.4, 0.5) is 10.1 Å². The Morgan fingerprint density at radius 3 is 2.74 bits per heavy atom. The van der Waals surface area contributed by atoms with Gasteiger partial charge in [-0.1, -0.05) is 11.6 Å². The minimum Gasteiger partial charge on any atom is -0.396 e. The Kier molecular flexibility index (Phi) is 3.91. The smallest absolute Gasteiger partial charge is 0.147 e. The topological polar surface area (TPSA) is 60.9 Å². The van der Waals surface area contributed by atoms with Crippen LogP contribution in [0.1, 0.15) is 11.3 Å². The van der Waals surface area contributed by atoms with E-state index >= 15 is 0 Å². The zero-order valence-corrected chi connectivity index (χ0v) is 12.1. The zero-order valence-electron chi connectivity index (χ0n) is 10.5. The molecule has 19 heavy (non-hydrogen) atoms. The van der Waals surface area contributed by atoms with Crippen molar-refractivity contribution in [1.29, 1.82) is 0 Å². The fraction of sp³-hybridized carbons (Fsp3) is 0.250. The van der Waals surface area contributed by atoms with Gasteiger partial charge in [-0.2, -0.15) is 5.10 Å². The molecule has 0 spiro atoms. The Labute approximate surface area is 117 Å². The summed E-state index contributed by atoms with van der Waals surface area (Å²) < 4.78 is 27.1. The van der Waals surface area contributed by atoms with Gasteiger partial charge in [0, 0.05) is 17.5 Å². The fourth-order valence-electron chi connectivity index (χ4n) is 1.70.